The molecule has 1 aromatic rings. The molecule has 110 valence electrons. The van der Waals surface area contributed by atoms with Crippen LogP contribution in [0.15, 0.2) is 18.2 Å². The minimum absolute atomic E-state index is 0.119. The number of hydrogen-bond donors (Lipinski definition) is 3. The van der Waals surface area contributed by atoms with Crippen LogP contribution >= 0.6 is 0 Å². The molecule has 1 aliphatic heterocycles. The molecule has 8 heteroatoms. The van der Waals surface area contributed by atoms with Crippen molar-refractivity contribution in [3.63, 3.8) is 0 Å². The molecule has 1 aliphatic rings. The number of nitrogens with zero attached hydrogens (tertiary/aromatic N) is 1. The Kier molecular flexibility index (Phi) is 3.61. The highest BCUT2D eigenvalue weighted by Crippen LogP contribution is 2.34. The standard InChI is InChI=1S/C12H13F3N2O3/c13-12(14,15)7-3-6(1-2-8(7)16)11(20)17-4-9(18)10(19)5-17/h1-3,9-10,18-19H,4-5,16H2. The number of anilines is 1. The van der Waals surface area contributed by atoms with Crippen LogP contribution in [0.2, 0.25) is 0 Å². The minimum atomic E-state index is -4.65. The number of amides is 1. The molecule has 2 atom stereocenters. The van der Waals surface area contributed by atoms with E-state index in [9.17, 15) is 28.2 Å². The highest BCUT2D eigenvalue weighted by atomic mass is 19.4. The van der Waals surface area contributed by atoms with Crippen molar-refractivity contribution < 1.29 is 28.2 Å². The van der Waals surface area contributed by atoms with Crippen molar-refractivity contribution in [1.82, 2.24) is 4.90 Å². The number of β-amino-alcohol motifs (C(OH)–C–C–N with tert-alkyl or cyclic N) is 2. The Balaban J connectivity index is 2.28. The molecule has 0 saturated carbocycles. The Bertz CT molecular complexity index is 523. The summed E-state index contributed by atoms with van der Waals surface area (Å²) < 4.78 is 38.1. The van der Waals surface area contributed by atoms with Gasteiger partial charge in [0.25, 0.3) is 5.91 Å². The monoisotopic (exact) mass is 290 g/mol. The third-order valence-corrected chi connectivity index (χ3v) is 3.15. The maximum absolute atomic E-state index is 12.7. The lowest BCUT2D eigenvalue weighted by Crippen LogP contribution is -2.30. The number of likely N-dealkylation sites (tertiary alicyclic amines) is 1. The summed E-state index contributed by atoms with van der Waals surface area (Å²) in [7, 11) is 0. The van der Waals surface area contributed by atoms with E-state index < -0.39 is 35.5 Å². The van der Waals surface area contributed by atoms with Gasteiger partial charge in [-0.15, -0.1) is 0 Å². The SMILES string of the molecule is Nc1ccc(C(=O)N2CC(O)C(O)C2)cc1C(F)(F)F. The van der Waals surface area contributed by atoms with Crippen LogP contribution in [0.3, 0.4) is 0 Å². The van der Waals surface area contributed by atoms with Crippen molar-refractivity contribution in [3.8, 4) is 0 Å². The summed E-state index contributed by atoms with van der Waals surface area (Å²) >= 11 is 0. The molecule has 1 fully saturated rings. The van der Waals surface area contributed by atoms with Crippen LogP contribution in [0.5, 0.6) is 0 Å². The van der Waals surface area contributed by atoms with Crippen molar-refractivity contribution in [3.05, 3.63) is 29.3 Å². The lowest BCUT2D eigenvalue weighted by molar-refractivity contribution is -0.136. The second-order valence-electron chi connectivity index (χ2n) is 4.64. The molecule has 0 spiro atoms. The number of nitrogen functional groups attached to an aromatic ring is 1. The lowest BCUT2D eigenvalue weighted by Gasteiger charge is -2.17. The molecule has 20 heavy (non-hydrogen) atoms. The molecule has 0 radical (unpaired) electrons. The van der Waals surface area contributed by atoms with Crippen molar-refractivity contribution in [2.45, 2.75) is 18.4 Å². The van der Waals surface area contributed by atoms with E-state index in [-0.39, 0.29) is 18.7 Å². The molecule has 1 amide bonds. The Labute approximate surface area is 112 Å². The highest BCUT2D eigenvalue weighted by Gasteiger charge is 2.36. The molecule has 1 saturated heterocycles. The Hall–Kier alpha value is -1.80. The van der Waals surface area contributed by atoms with E-state index in [1.54, 1.807) is 0 Å². The van der Waals surface area contributed by atoms with Crippen molar-refractivity contribution >= 4 is 11.6 Å². The molecule has 0 aromatic heterocycles. The lowest BCUT2D eigenvalue weighted by atomic mass is 10.1. The summed E-state index contributed by atoms with van der Waals surface area (Å²) in [5.41, 5.74) is 3.52. The van der Waals surface area contributed by atoms with Gasteiger partial charge < -0.3 is 20.8 Å². The van der Waals surface area contributed by atoms with Crippen LogP contribution in [-0.2, 0) is 6.18 Å². The summed E-state index contributed by atoms with van der Waals surface area (Å²) in [6, 6.07) is 2.87. The molecule has 2 rings (SSSR count). The van der Waals surface area contributed by atoms with E-state index >= 15 is 0 Å². The fourth-order valence-electron chi connectivity index (χ4n) is 2.05. The first-order valence-electron chi connectivity index (χ1n) is 5.82. The molecule has 1 aromatic carbocycles. The number of aliphatic hydroxyl groups excluding tert-OH is 2. The zero-order valence-corrected chi connectivity index (χ0v) is 10.3. The summed E-state index contributed by atoms with van der Waals surface area (Å²) in [6.07, 6.45) is -6.82. The Morgan fingerprint density at radius 1 is 1.25 bits per heavy atom. The van der Waals surface area contributed by atoms with Gasteiger partial charge in [0.15, 0.2) is 0 Å². The molecule has 4 N–H and O–H groups in total. The van der Waals surface area contributed by atoms with Crippen molar-refractivity contribution in [1.29, 1.82) is 0 Å². The normalized spacial score (nSPS) is 23.1. The quantitative estimate of drug-likeness (QED) is 0.656. The van der Waals surface area contributed by atoms with E-state index in [0.717, 1.165) is 11.0 Å². The number of benzene rings is 1. The zero-order chi connectivity index (χ0) is 15.1. The average Bonchev–Trinajstić information content (AvgIpc) is 2.68. The molecule has 1 heterocycles. The van der Waals surface area contributed by atoms with Gasteiger partial charge in [-0.2, -0.15) is 13.2 Å². The molecule has 5 nitrogen and oxygen atoms in total. The average molecular weight is 290 g/mol. The first-order chi connectivity index (χ1) is 9.20. The predicted octanol–water partition coefficient (Wildman–Crippen LogP) is 0.465. The van der Waals surface area contributed by atoms with E-state index in [1.807, 2.05) is 0 Å². The van der Waals surface area contributed by atoms with E-state index in [1.165, 1.54) is 6.07 Å². The van der Waals surface area contributed by atoms with Gasteiger partial charge in [0.1, 0.15) is 0 Å². The van der Waals surface area contributed by atoms with Crippen LogP contribution in [0.1, 0.15) is 15.9 Å². The highest BCUT2D eigenvalue weighted by molar-refractivity contribution is 5.95. The fraction of sp³-hybridized carbons (Fsp3) is 0.417. The molecular weight excluding hydrogens is 277 g/mol. The number of carbonyl (C=O) groups excluding carboxylic acids is 1. The predicted molar refractivity (Wildman–Crippen MR) is 63.8 cm³/mol. The van der Waals surface area contributed by atoms with Gasteiger partial charge in [-0.25, -0.2) is 0 Å². The second-order valence-corrected chi connectivity index (χ2v) is 4.64. The van der Waals surface area contributed by atoms with Crippen LogP contribution < -0.4 is 5.73 Å². The van der Waals surface area contributed by atoms with Crippen molar-refractivity contribution in [2.24, 2.45) is 0 Å². The summed E-state index contributed by atoms with van der Waals surface area (Å²) in [5.74, 6) is -0.689. The first-order valence-corrected chi connectivity index (χ1v) is 5.82. The van der Waals surface area contributed by atoms with Crippen LogP contribution in [0.25, 0.3) is 0 Å². The zero-order valence-electron chi connectivity index (χ0n) is 10.3. The van der Waals surface area contributed by atoms with E-state index in [2.05, 4.69) is 0 Å². The third-order valence-electron chi connectivity index (χ3n) is 3.15. The third kappa shape index (κ3) is 2.70. The van der Waals surface area contributed by atoms with Gasteiger partial charge >= 0.3 is 6.18 Å². The summed E-state index contributed by atoms with van der Waals surface area (Å²) in [4.78, 5) is 13.1. The van der Waals surface area contributed by atoms with Crippen molar-refractivity contribution in [2.75, 3.05) is 18.8 Å². The van der Waals surface area contributed by atoms with Gasteiger partial charge in [-0.3, -0.25) is 4.79 Å². The van der Waals surface area contributed by atoms with Crippen LogP contribution in [0.4, 0.5) is 18.9 Å². The molecule has 2 unspecified atom stereocenters. The first kappa shape index (κ1) is 14.6. The molecule has 0 bridgehead atoms. The number of aliphatic hydroxyl groups is 2. The maximum atomic E-state index is 12.7. The van der Waals surface area contributed by atoms with E-state index in [4.69, 9.17) is 5.73 Å². The molecular formula is C12H13F3N2O3. The van der Waals surface area contributed by atoms with E-state index in [0.29, 0.717) is 6.07 Å². The Morgan fingerprint density at radius 2 is 1.80 bits per heavy atom. The van der Waals surface area contributed by atoms with Gasteiger partial charge in [0, 0.05) is 24.3 Å². The largest absolute Gasteiger partial charge is 0.418 e. The minimum Gasteiger partial charge on any atom is -0.398 e. The van der Waals surface area contributed by atoms with Crippen LogP contribution in [-0.4, -0.2) is 46.3 Å². The van der Waals surface area contributed by atoms with Gasteiger partial charge in [0.05, 0.1) is 17.8 Å². The smallest absolute Gasteiger partial charge is 0.398 e. The van der Waals surface area contributed by atoms with Gasteiger partial charge in [-0.1, -0.05) is 0 Å². The topological polar surface area (TPSA) is 86.8 Å². The number of hydrogen-bond acceptors (Lipinski definition) is 4. The van der Waals surface area contributed by atoms with Gasteiger partial charge in [0.2, 0.25) is 0 Å². The summed E-state index contributed by atoms with van der Waals surface area (Å²) in [6.45, 7) is -0.239. The summed E-state index contributed by atoms with van der Waals surface area (Å²) in [5, 5.41) is 18.7. The van der Waals surface area contributed by atoms with Crippen LogP contribution in [0, 0.1) is 0 Å². The maximum Gasteiger partial charge on any atom is 0.418 e. The van der Waals surface area contributed by atoms with Gasteiger partial charge in [-0.05, 0) is 18.2 Å². The number of carbonyl (C=O) groups is 1. The molecule has 0 aliphatic carbocycles. The number of halogens is 3. The second kappa shape index (κ2) is 4.95. The number of rotatable bonds is 1. The number of nitrogens with two attached hydrogens (primary N) is 1. The fourth-order valence-corrected chi connectivity index (χ4v) is 2.05. The Morgan fingerprint density at radius 3 is 2.30 bits per heavy atom. The number of alkyl halides is 3.